The van der Waals surface area contributed by atoms with Crippen LogP contribution in [0.4, 0.5) is 5.69 Å². The van der Waals surface area contributed by atoms with Gasteiger partial charge in [0.25, 0.3) is 15.9 Å². The standard InChI is InChI=1S/C23H25ClN2O4S2/c1-15(2)22(21-6-5-13-31-21)25-23(27)19-14-18(11-12-20(19)24)32(28,29)26(3)16-7-9-17(30-4)10-8-16/h5-15,22H,1-4H3,(H,25,27). The van der Waals surface area contributed by atoms with Crippen LogP contribution >= 0.6 is 22.9 Å². The fourth-order valence-corrected chi connectivity index (χ4v) is 5.56. The van der Waals surface area contributed by atoms with E-state index >= 15 is 0 Å². The second-order valence-corrected chi connectivity index (χ2v) is 10.9. The molecule has 170 valence electrons. The molecule has 1 unspecified atom stereocenters. The summed E-state index contributed by atoms with van der Waals surface area (Å²) in [6.45, 7) is 4.02. The summed E-state index contributed by atoms with van der Waals surface area (Å²) < 4.78 is 32.7. The predicted octanol–water partition coefficient (Wildman–Crippen LogP) is 5.36. The van der Waals surface area contributed by atoms with Crippen LogP contribution < -0.4 is 14.4 Å². The van der Waals surface area contributed by atoms with Crippen molar-refractivity contribution in [2.75, 3.05) is 18.5 Å². The lowest BCUT2D eigenvalue weighted by molar-refractivity contribution is 0.0926. The number of halogens is 1. The minimum atomic E-state index is -3.92. The van der Waals surface area contributed by atoms with E-state index in [2.05, 4.69) is 5.32 Å². The highest BCUT2D eigenvalue weighted by molar-refractivity contribution is 7.92. The Morgan fingerprint density at radius 1 is 1.12 bits per heavy atom. The molecular formula is C23H25ClN2O4S2. The number of nitrogens with zero attached hydrogens (tertiary/aromatic N) is 1. The number of benzene rings is 2. The van der Waals surface area contributed by atoms with Crippen molar-refractivity contribution in [1.29, 1.82) is 0 Å². The monoisotopic (exact) mass is 492 g/mol. The number of carbonyl (C=O) groups is 1. The molecule has 0 radical (unpaired) electrons. The quantitative estimate of drug-likeness (QED) is 0.459. The Hall–Kier alpha value is -2.55. The van der Waals surface area contributed by atoms with Gasteiger partial charge in [-0.3, -0.25) is 9.10 Å². The van der Waals surface area contributed by atoms with E-state index in [0.29, 0.717) is 11.4 Å². The van der Waals surface area contributed by atoms with E-state index in [1.165, 1.54) is 32.4 Å². The van der Waals surface area contributed by atoms with Crippen molar-refractivity contribution in [2.45, 2.75) is 24.8 Å². The smallest absolute Gasteiger partial charge is 0.264 e. The first-order valence-electron chi connectivity index (χ1n) is 9.92. The fraction of sp³-hybridized carbons (Fsp3) is 0.261. The van der Waals surface area contributed by atoms with Crippen molar-refractivity contribution in [2.24, 2.45) is 5.92 Å². The largest absolute Gasteiger partial charge is 0.497 e. The summed E-state index contributed by atoms with van der Waals surface area (Å²) in [4.78, 5) is 14.0. The number of ether oxygens (including phenoxy) is 1. The second kappa shape index (κ2) is 9.94. The van der Waals surface area contributed by atoms with Crippen LogP contribution in [0, 0.1) is 5.92 Å². The Morgan fingerprint density at radius 2 is 1.81 bits per heavy atom. The molecule has 6 nitrogen and oxygen atoms in total. The van der Waals surface area contributed by atoms with Gasteiger partial charge in [0.2, 0.25) is 0 Å². The second-order valence-electron chi connectivity index (χ2n) is 7.52. The van der Waals surface area contributed by atoms with Crippen LogP contribution in [0.2, 0.25) is 5.02 Å². The van der Waals surface area contributed by atoms with Gasteiger partial charge in [-0.1, -0.05) is 31.5 Å². The third-order valence-corrected chi connectivity index (χ3v) is 8.15. The average molecular weight is 493 g/mol. The number of nitrogens with one attached hydrogen (secondary N) is 1. The molecular weight excluding hydrogens is 468 g/mol. The number of carbonyl (C=O) groups excluding carboxylic acids is 1. The Balaban J connectivity index is 1.90. The third kappa shape index (κ3) is 5.09. The van der Waals surface area contributed by atoms with Crippen molar-refractivity contribution in [3.63, 3.8) is 0 Å². The highest BCUT2D eigenvalue weighted by atomic mass is 35.5. The number of hydrogen-bond donors (Lipinski definition) is 1. The zero-order valence-electron chi connectivity index (χ0n) is 18.2. The van der Waals surface area contributed by atoms with Crippen molar-refractivity contribution < 1.29 is 17.9 Å². The number of methoxy groups -OCH3 is 1. The normalized spacial score (nSPS) is 12.4. The summed E-state index contributed by atoms with van der Waals surface area (Å²) in [6.07, 6.45) is 0. The maximum atomic E-state index is 13.2. The number of sulfonamides is 1. The van der Waals surface area contributed by atoms with Crippen LogP contribution in [0.3, 0.4) is 0 Å². The zero-order chi connectivity index (χ0) is 23.5. The molecule has 0 saturated carbocycles. The molecule has 0 aliphatic heterocycles. The van der Waals surface area contributed by atoms with Gasteiger partial charge in [-0.05, 0) is 59.8 Å². The van der Waals surface area contributed by atoms with E-state index in [9.17, 15) is 13.2 Å². The van der Waals surface area contributed by atoms with Gasteiger partial charge in [-0.15, -0.1) is 11.3 Å². The van der Waals surface area contributed by atoms with Gasteiger partial charge < -0.3 is 10.1 Å². The maximum absolute atomic E-state index is 13.2. The van der Waals surface area contributed by atoms with Gasteiger partial charge in [0.1, 0.15) is 5.75 Å². The summed E-state index contributed by atoms with van der Waals surface area (Å²) in [5, 5.41) is 5.13. The first kappa shape index (κ1) is 24.1. The summed E-state index contributed by atoms with van der Waals surface area (Å²) in [5.41, 5.74) is 0.572. The zero-order valence-corrected chi connectivity index (χ0v) is 20.6. The minimum absolute atomic E-state index is 0.0254. The van der Waals surface area contributed by atoms with Gasteiger partial charge in [-0.2, -0.15) is 0 Å². The maximum Gasteiger partial charge on any atom is 0.264 e. The van der Waals surface area contributed by atoms with E-state index in [1.54, 1.807) is 35.6 Å². The Labute approximate surface area is 197 Å². The van der Waals surface area contributed by atoms with Crippen molar-refractivity contribution in [3.05, 3.63) is 75.4 Å². The van der Waals surface area contributed by atoms with Crippen LogP contribution in [0.5, 0.6) is 5.75 Å². The number of amides is 1. The molecule has 0 bridgehead atoms. The molecule has 0 aliphatic rings. The molecule has 0 spiro atoms. The first-order chi connectivity index (χ1) is 15.1. The lowest BCUT2D eigenvalue weighted by Crippen LogP contribution is -2.32. The molecule has 9 heteroatoms. The molecule has 1 aromatic heterocycles. The highest BCUT2D eigenvalue weighted by Crippen LogP contribution is 2.29. The molecule has 2 aromatic carbocycles. The number of rotatable bonds is 8. The average Bonchev–Trinajstić information content (AvgIpc) is 3.31. The van der Waals surface area contributed by atoms with Gasteiger partial charge in [0, 0.05) is 11.9 Å². The van der Waals surface area contributed by atoms with E-state index in [0.717, 1.165) is 9.18 Å². The van der Waals surface area contributed by atoms with Crippen LogP contribution in [0.1, 0.15) is 35.1 Å². The summed E-state index contributed by atoms with van der Waals surface area (Å²) in [7, 11) is -0.921. The van der Waals surface area contributed by atoms with Gasteiger partial charge >= 0.3 is 0 Å². The molecule has 0 fully saturated rings. The SMILES string of the molecule is COc1ccc(N(C)S(=O)(=O)c2ccc(Cl)c(C(=O)NC(c3cccs3)C(C)C)c2)cc1. The number of anilines is 1. The van der Waals surface area contributed by atoms with Crippen molar-refractivity contribution in [1.82, 2.24) is 5.32 Å². The summed E-state index contributed by atoms with van der Waals surface area (Å²) in [6, 6.07) is 14.5. The van der Waals surface area contributed by atoms with Crippen molar-refractivity contribution in [3.8, 4) is 5.75 Å². The predicted molar refractivity (Wildman–Crippen MR) is 129 cm³/mol. The highest BCUT2D eigenvalue weighted by Gasteiger charge is 2.26. The fourth-order valence-electron chi connectivity index (χ4n) is 3.18. The number of thiophene rings is 1. The Morgan fingerprint density at radius 3 is 2.38 bits per heavy atom. The minimum Gasteiger partial charge on any atom is -0.497 e. The molecule has 1 atom stereocenters. The van der Waals surface area contributed by atoms with Crippen LogP contribution in [0.15, 0.2) is 64.9 Å². The molecule has 3 aromatic rings. The van der Waals surface area contributed by atoms with Gasteiger partial charge in [-0.25, -0.2) is 8.42 Å². The lowest BCUT2D eigenvalue weighted by atomic mass is 10.0. The third-order valence-electron chi connectivity index (χ3n) is 5.08. The van der Waals surface area contributed by atoms with Crippen LogP contribution in [-0.4, -0.2) is 28.5 Å². The molecule has 32 heavy (non-hydrogen) atoms. The summed E-state index contributed by atoms with van der Waals surface area (Å²) >= 11 is 7.83. The Kier molecular flexibility index (Phi) is 7.48. The first-order valence-corrected chi connectivity index (χ1v) is 12.6. The van der Waals surface area contributed by atoms with Crippen LogP contribution in [-0.2, 0) is 10.0 Å². The topological polar surface area (TPSA) is 75.7 Å². The van der Waals surface area contributed by atoms with Crippen molar-refractivity contribution >= 4 is 44.6 Å². The lowest BCUT2D eigenvalue weighted by Gasteiger charge is -2.22. The van der Waals surface area contributed by atoms with Crippen LogP contribution in [0.25, 0.3) is 0 Å². The van der Waals surface area contributed by atoms with E-state index in [-0.39, 0.29) is 27.4 Å². The molecule has 1 N–H and O–H groups in total. The molecule has 0 saturated heterocycles. The molecule has 1 heterocycles. The van der Waals surface area contributed by atoms with E-state index < -0.39 is 15.9 Å². The molecule has 3 rings (SSSR count). The van der Waals surface area contributed by atoms with Gasteiger partial charge in [0.05, 0.1) is 34.3 Å². The molecule has 1 amide bonds. The van der Waals surface area contributed by atoms with E-state index in [4.69, 9.17) is 16.3 Å². The summed E-state index contributed by atoms with van der Waals surface area (Å²) in [5.74, 6) is 0.339. The Bertz CT molecular complexity index is 1180. The number of hydrogen-bond acceptors (Lipinski definition) is 5. The van der Waals surface area contributed by atoms with Gasteiger partial charge in [0.15, 0.2) is 0 Å². The van der Waals surface area contributed by atoms with E-state index in [1.807, 2.05) is 31.4 Å². The molecule has 0 aliphatic carbocycles.